The molecule has 0 saturated carbocycles. The normalized spacial score (nSPS) is 9.77. The number of hydrogen-bond donors (Lipinski definition) is 0. The van der Waals surface area contributed by atoms with Crippen LogP contribution in [0.3, 0.4) is 0 Å². The molecular formula is Mo3O11P4S8. The predicted molar refractivity (Wildman–Crippen MR) is 88.7 cm³/mol. The second kappa shape index (κ2) is 30.1. The predicted octanol–water partition coefficient (Wildman–Crippen LogP) is -6.45. The third kappa shape index (κ3) is 872. The number of rotatable bonds is 0. The molecule has 0 amide bonds. The van der Waals surface area contributed by atoms with Gasteiger partial charge < -0.3 is 111 Å². The molecule has 0 heterocycles. The molecule has 0 unspecified atom stereocenters. The van der Waals surface area contributed by atoms with Gasteiger partial charge in [0.1, 0.15) is 0 Å². The fourth-order valence-corrected chi connectivity index (χ4v) is 0. The van der Waals surface area contributed by atoms with Crippen LogP contribution in [0.1, 0.15) is 0 Å². The van der Waals surface area contributed by atoms with E-state index in [9.17, 15) is 39.1 Å². The van der Waals surface area contributed by atoms with E-state index in [2.05, 4.69) is 96.2 Å². The van der Waals surface area contributed by atoms with E-state index in [0.717, 1.165) is 0 Å². The van der Waals surface area contributed by atoms with Crippen molar-refractivity contribution in [3.05, 3.63) is 0 Å². The zero-order valence-corrected chi connectivity index (χ0v) is 26.9. The van der Waals surface area contributed by atoms with Gasteiger partial charge in [-0.1, -0.05) is 0 Å². The van der Waals surface area contributed by atoms with Crippen molar-refractivity contribution < 1.29 is 109 Å². The zero-order chi connectivity index (χ0) is 24.0. The Morgan fingerprint density at radius 3 is 0.423 bits per heavy atom. The van der Waals surface area contributed by atoms with E-state index < -0.39 is 22.8 Å². The monoisotopic (exact) mass is 849 g/mol. The summed E-state index contributed by atoms with van der Waals surface area (Å²) in [5, 5.41) is 0. The van der Waals surface area contributed by atoms with E-state index >= 15 is 0 Å². The van der Waals surface area contributed by atoms with Crippen molar-refractivity contribution in [3.63, 3.8) is 0 Å². The van der Waals surface area contributed by atoms with Crippen molar-refractivity contribution in [2.45, 2.75) is 0 Å². The van der Waals surface area contributed by atoms with E-state index in [1.807, 2.05) is 0 Å². The summed E-state index contributed by atoms with van der Waals surface area (Å²) >= 11 is 31.2. The Kier molecular flexibility index (Phi) is 56.3. The first kappa shape index (κ1) is 48.5. The van der Waals surface area contributed by atoms with Gasteiger partial charge in [-0.15, -0.1) is 0 Å². The summed E-state index contributed by atoms with van der Waals surface area (Å²) < 4.78 is 24.8. The topological polar surface area (TPSA) is 236 Å². The Morgan fingerprint density at radius 2 is 0.423 bits per heavy atom. The van der Waals surface area contributed by atoms with Crippen molar-refractivity contribution in [2.24, 2.45) is 0 Å². The van der Waals surface area contributed by atoms with Crippen LogP contribution in [-0.4, -0.2) is 0 Å². The molecule has 0 aliphatic carbocycles. The summed E-state index contributed by atoms with van der Waals surface area (Å²) in [5.41, 5.74) is -14.9. The van der Waals surface area contributed by atoms with Gasteiger partial charge >= 0.3 is 69.5 Å². The van der Waals surface area contributed by atoms with Gasteiger partial charge in [0.25, 0.3) is 0 Å². The van der Waals surface area contributed by atoms with Crippen LogP contribution in [0.15, 0.2) is 0 Å². The van der Waals surface area contributed by atoms with Crippen LogP contribution in [-0.2, 0) is 166 Å². The summed E-state index contributed by atoms with van der Waals surface area (Å²) in [5.74, 6) is 0. The molecule has 11 nitrogen and oxygen atoms in total. The fourth-order valence-electron chi connectivity index (χ4n) is 0. The minimum atomic E-state index is -3.72. The molecule has 0 aromatic carbocycles. The molecule has 0 atom stereocenters. The molecule has 0 spiro atoms. The quantitative estimate of drug-likeness (QED) is 0.125. The summed E-state index contributed by atoms with van der Waals surface area (Å²) in [4.78, 5) is 74.3. The summed E-state index contributed by atoms with van der Waals surface area (Å²) in [7, 11) is 0. The third-order valence-corrected chi connectivity index (χ3v) is 0. The molecule has 0 saturated heterocycles. The van der Waals surface area contributed by atoms with Crippen LogP contribution in [0.2, 0.25) is 0 Å². The molecule has 0 fully saturated rings. The Morgan fingerprint density at radius 1 is 0.423 bits per heavy atom. The molecule has 0 rings (SSSR count). The van der Waals surface area contributed by atoms with Crippen LogP contribution in [0.4, 0.5) is 0 Å². The standard InChI is InChI=1S/3Mo.4H3O2PS2.3O/c;;;4*1-3(2,4)5;;;/h;;;4*(H3,1,2,4,5);;;/q3*+4;;;;;;;/p-12. The molecule has 0 aliphatic rings. The molecular weight excluding hydrogens is 844 g/mol. The molecule has 0 N–H and O–H groups in total. The van der Waals surface area contributed by atoms with Gasteiger partial charge in [0.05, 0.1) is 0 Å². The third-order valence-electron chi connectivity index (χ3n) is 0. The van der Waals surface area contributed by atoms with Gasteiger partial charge in [-0.2, -0.15) is 47.2 Å². The first-order valence-corrected chi connectivity index (χ1v) is 20.5. The van der Waals surface area contributed by atoms with Crippen LogP contribution in [0.25, 0.3) is 0 Å². The Balaban J connectivity index is -0.0000000337. The first-order valence-electron chi connectivity index (χ1n) is 3.42. The van der Waals surface area contributed by atoms with Crippen molar-refractivity contribution >= 4 is 119 Å². The molecule has 0 radical (unpaired) electrons. The van der Waals surface area contributed by atoms with Gasteiger partial charge in [0.2, 0.25) is 0 Å². The van der Waals surface area contributed by atoms with E-state index in [1.54, 1.807) is 0 Å². The van der Waals surface area contributed by atoms with E-state index in [0.29, 0.717) is 59.3 Å². The van der Waals surface area contributed by atoms with Gasteiger partial charge in [0, 0.05) is 0 Å². The Bertz CT molecular complexity index is 348. The molecule has 152 valence electrons. The van der Waals surface area contributed by atoms with Crippen LogP contribution in [0, 0.1) is 0 Å². The van der Waals surface area contributed by atoms with Crippen molar-refractivity contribution in [1.29, 1.82) is 0 Å². The fraction of sp³-hybridized carbons (Fsp3) is 0. The maximum absolute atomic E-state index is 9.29. The van der Waals surface area contributed by atoms with E-state index in [1.165, 1.54) is 0 Å². The SMILES string of the molecule is [O-]P([O-])(=S)[S-].[O-]P([O-])(=S)[S-].[O-]P([O-])(=S)[S-].[O-]P([O-])(=S)[S-].[O]=[Mo+4].[O]=[Mo+4].[O]=[Mo+4]. The van der Waals surface area contributed by atoms with Gasteiger partial charge in [-0.25, -0.2) is 0 Å². The second-order valence-corrected chi connectivity index (χ2v) is 19.7. The molecule has 0 aromatic heterocycles. The minimum absolute atomic E-state index is 0.700. The first-order chi connectivity index (χ1) is 11.0. The van der Waals surface area contributed by atoms with Gasteiger partial charge in [-0.05, 0) is 0 Å². The average Bonchev–Trinajstić information content (AvgIpc) is 2.27. The second-order valence-electron chi connectivity index (χ2n) is 1.79. The van der Waals surface area contributed by atoms with Crippen LogP contribution in [0.5, 0.6) is 0 Å². The van der Waals surface area contributed by atoms with Gasteiger partial charge in [0.15, 0.2) is 0 Å². The van der Waals surface area contributed by atoms with E-state index in [-0.39, 0.29) is 0 Å². The van der Waals surface area contributed by atoms with Crippen molar-refractivity contribution in [2.75, 3.05) is 0 Å². The molecule has 0 aliphatic heterocycles. The molecule has 26 heteroatoms. The van der Waals surface area contributed by atoms with E-state index in [4.69, 9.17) is 10.2 Å². The molecule has 0 aromatic rings. The van der Waals surface area contributed by atoms with Gasteiger partial charge in [-0.3, -0.25) is 0 Å². The Hall–Kier alpha value is 5.14. The molecule has 0 bridgehead atoms. The van der Waals surface area contributed by atoms with Crippen molar-refractivity contribution in [1.82, 2.24) is 0 Å². The number of hydrogen-bond acceptors (Lipinski definition) is 19. The summed E-state index contributed by atoms with van der Waals surface area (Å²) in [6.07, 6.45) is 0. The average molecular weight is 844 g/mol. The zero-order valence-electron chi connectivity index (χ0n) is 10.8. The molecule has 26 heavy (non-hydrogen) atoms. The van der Waals surface area contributed by atoms with Crippen LogP contribution >= 0.6 is 22.8 Å². The maximum atomic E-state index is 9.29. The van der Waals surface area contributed by atoms with Crippen molar-refractivity contribution in [3.8, 4) is 0 Å². The van der Waals surface area contributed by atoms with Crippen LogP contribution < -0.4 is 39.1 Å². The summed E-state index contributed by atoms with van der Waals surface area (Å²) in [6.45, 7) is 0. The summed E-state index contributed by atoms with van der Waals surface area (Å²) in [6, 6.07) is 0. The Labute approximate surface area is 224 Å².